The topological polar surface area (TPSA) is 47.6 Å². The lowest BCUT2D eigenvalue weighted by molar-refractivity contribution is -0.115. The molecule has 3 aromatic carbocycles. The normalized spacial score (nSPS) is 15.3. The zero-order valence-corrected chi connectivity index (χ0v) is 19.0. The summed E-state index contributed by atoms with van der Waals surface area (Å²) in [6.07, 6.45) is 0. The highest BCUT2D eigenvalue weighted by Gasteiger charge is 2.17. The van der Waals surface area contributed by atoms with Crippen molar-refractivity contribution in [3.8, 4) is 0 Å². The number of carbonyl (C=O) groups is 1. The maximum Gasteiger partial charge on any atom is 0.238 e. The summed E-state index contributed by atoms with van der Waals surface area (Å²) in [6.45, 7) is 7.18. The summed E-state index contributed by atoms with van der Waals surface area (Å²) in [4.78, 5) is 17.2. The maximum atomic E-state index is 13.1. The molecule has 0 bridgehead atoms. The highest BCUT2D eigenvalue weighted by atomic mass is 19.1. The molecule has 1 fully saturated rings. The van der Waals surface area contributed by atoms with Crippen LogP contribution in [0.3, 0.4) is 0 Å². The molecular formula is C27H31FN4O. The number of nitrogens with zero attached hydrogens (tertiary/aromatic N) is 2. The molecule has 3 aromatic rings. The molecule has 172 valence electrons. The third kappa shape index (κ3) is 6.63. The second-order valence-electron chi connectivity index (χ2n) is 8.50. The van der Waals surface area contributed by atoms with Crippen LogP contribution in [-0.4, -0.2) is 43.5 Å². The summed E-state index contributed by atoms with van der Waals surface area (Å²) in [5.74, 6) is -0.368. The lowest BCUT2D eigenvalue weighted by atomic mass is 10.1. The molecule has 0 saturated carbocycles. The molecule has 1 aliphatic heterocycles. The number of anilines is 2. The van der Waals surface area contributed by atoms with E-state index < -0.39 is 0 Å². The van der Waals surface area contributed by atoms with Crippen LogP contribution in [0.2, 0.25) is 0 Å². The first kappa shape index (κ1) is 23.0. The van der Waals surface area contributed by atoms with Crippen molar-refractivity contribution < 1.29 is 9.18 Å². The molecule has 0 aromatic heterocycles. The first-order valence-corrected chi connectivity index (χ1v) is 11.5. The highest BCUT2D eigenvalue weighted by Crippen LogP contribution is 2.20. The van der Waals surface area contributed by atoms with Gasteiger partial charge in [-0.1, -0.05) is 42.5 Å². The largest absolute Gasteiger partial charge is 0.369 e. The van der Waals surface area contributed by atoms with Gasteiger partial charge in [-0.25, -0.2) is 4.39 Å². The van der Waals surface area contributed by atoms with E-state index in [0.717, 1.165) is 44.0 Å². The molecule has 0 unspecified atom stereocenters. The van der Waals surface area contributed by atoms with E-state index in [0.29, 0.717) is 0 Å². The molecule has 1 saturated heterocycles. The summed E-state index contributed by atoms with van der Waals surface area (Å²) < 4.78 is 13.1. The Bertz CT molecular complexity index is 1020. The Labute approximate surface area is 195 Å². The summed E-state index contributed by atoms with van der Waals surface area (Å²) in [6, 6.07) is 24.9. The van der Waals surface area contributed by atoms with Crippen LogP contribution in [0.4, 0.5) is 15.8 Å². The number of rotatable bonds is 8. The van der Waals surface area contributed by atoms with Gasteiger partial charge in [0.25, 0.3) is 0 Å². The molecule has 4 rings (SSSR count). The molecule has 1 aliphatic rings. The average Bonchev–Trinajstić information content (AvgIpc) is 2.85. The van der Waals surface area contributed by atoms with Crippen molar-refractivity contribution in [1.82, 2.24) is 10.2 Å². The third-order valence-electron chi connectivity index (χ3n) is 6.08. The molecule has 33 heavy (non-hydrogen) atoms. The van der Waals surface area contributed by atoms with Gasteiger partial charge in [-0.15, -0.1) is 0 Å². The molecule has 6 heteroatoms. The van der Waals surface area contributed by atoms with Crippen LogP contribution in [0.1, 0.15) is 24.1 Å². The predicted molar refractivity (Wildman–Crippen MR) is 132 cm³/mol. The SMILES string of the molecule is C[C@H](NCC(=O)Nc1ccc(N2CCN(Cc3ccccc3)CC2)cc1)c1ccc(F)cc1. The Morgan fingerprint density at radius 1 is 0.909 bits per heavy atom. The molecule has 0 spiro atoms. The molecule has 0 radical (unpaired) electrons. The fourth-order valence-electron chi connectivity index (χ4n) is 4.08. The van der Waals surface area contributed by atoms with Gasteiger partial charge in [-0.05, 0) is 54.4 Å². The summed E-state index contributed by atoms with van der Waals surface area (Å²) in [5, 5.41) is 6.11. The van der Waals surface area contributed by atoms with Crippen LogP contribution >= 0.6 is 0 Å². The second-order valence-corrected chi connectivity index (χ2v) is 8.50. The lowest BCUT2D eigenvalue weighted by Crippen LogP contribution is -2.45. The van der Waals surface area contributed by atoms with E-state index >= 15 is 0 Å². The van der Waals surface area contributed by atoms with Gasteiger partial charge >= 0.3 is 0 Å². The van der Waals surface area contributed by atoms with E-state index in [-0.39, 0.29) is 24.3 Å². The molecule has 1 heterocycles. The van der Waals surface area contributed by atoms with Gasteiger partial charge in [0.2, 0.25) is 5.91 Å². The zero-order chi connectivity index (χ0) is 23.0. The van der Waals surface area contributed by atoms with E-state index in [1.165, 1.54) is 23.4 Å². The van der Waals surface area contributed by atoms with E-state index in [1.807, 2.05) is 19.1 Å². The highest BCUT2D eigenvalue weighted by molar-refractivity contribution is 5.92. The zero-order valence-electron chi connectivity index (χ0n) is 19.0. The first-order valence-electron chi connectivity index (χ1n) is 11.5. The van der Waals surface area contributed by atoms with E-state index in [2.05, 4.69) is 62.9 Å². The number of nitrogens with one attached hydrogen (secondary N) is 2. The molecule has 2 N–H and O–H groups in total. The first-order chi connectivity index (χ1) is 16.1. The van der Waals surface area contributed by atoms with Gasteiger partial charge in [0.1, 0.15) is 5.82 Å². The minimum absolute atomic E-state index is 0.0423. The Kier molecular flexibility index (Phi) is 7.70. The Hall–Kier alpha value is -3.22. The predicted octanol–water partition coefficient (Wildman–Crippen LogP) is 4.44. The van der Waals surface area contributed by atoms with Crippen molar-refractivity contribution in [2.24, 2.45) is 0 Å². The molecule has 1 atom stereocenters. The van der Waals surface area contributed by atoms with E-state index in [4.69, 9.17) is 0 Å². The lowest BCUT2D eigenvalue weighted by Gasteiger charge is -2.36. The minimum Gasteiger partial charge on any atom is -0.369 e. The number of benzene rings is 3. The molecule has 0 aliphatic carbocycles. The van der Waals surface area contributed by atoms with Crippen molar-refractivity contribution >= 4 is 17.3 Å². The summed E-state index contributed by atoms with van der Waals surface area (Å²) >= 11 is 0. The maximum absolute atomic E-state index is 13.1. The number of hydrogen-bond acceptors (Lipinski definition) is 4. The van der Waals surface area contributed by atoms with E-state index in [9.17, 15) is 9.18 Å². The van der Waals surface area contributed by atoms with Crippen LogP contribution in [0, 0.1) is 5.82 Å². The second kappa shape index (κ2) is 11.1. The van der Waals surface area contributed by atoms with Crippen molar-refractivity contribution in [1.29, 1.82) is 0 Å². The van der Waals surface area contributed by atoms with Crippen molar-refractivity contribution in [3.63, 3.8) is 0 Å². The van der Waals surface area contributed by atoms with Crippen molar-refractivity contribution in [2.45, 2.75) is 19.5 Å². The third-order valence-corrected chi connectivity index (χ3v) is 6.08. The fraction of sp³-hybridized carbons (Fsp3) is 0.296. The fourth-order valence-corrected chi connectivity index (χ4v) is 4.08. The monoisotopic (exact) mass is 446 g/mol. The summed E-state index contributed by atoms with van der Waals surface area (Å²) in [7, 11) is 0. The van der Waals surface area contributed by atoms with Gasteiger partial charge in [-0.3, -0.25) is 9.69 Å². The number of hydrogen-bond donors (Lipinski definition) is 2. The minimum atomic E-state index is -0.263. The van der Waals surface area contributed by atoms with E-state index in [1.54, 1.807) is 12.1 Å². The van der Waals surface area contributed by atoms with Gasteiger partial charge in [0, 0.05) is 50.1 Å². The van der Waals surface area contributed by atoms with Gasteiger partial charge < -0.3 is 15.5 Å². The standard InChI is InChI=1S/C27H31FN4O/c1-21(23-7-9-24(28)10-8-23)29-19-27(33)30-25-11-13-26(14-12-25)32-17-15-31(16-18-32)20-22-5-3-2-4-6-22/h2-14,21,29H,15-20H2,1H3,(H,30,33)/t21-/m0/s1. The van der Waals surface area contributed by atoms with Crippen LogP contribution in [0.25, 0.3) is 0 Å². The molecule has 5 nitrogen and oxygen atoms in total. The van der Waals surface area contributed by atoms with Crippen LogP contribution in [0.5, 0.6) is 0 Å². The van der Waals surface area contributed by atoms with Gasteiger partial charge in [0.05, 0.1) is 6.54 Å². The van der Waals surface area contributed by atoms with Gasteiger partial charge in [0.15, 0.2) is 0 Å². The number of halogens is 1. The average molecular weight is 447 g/mol. The number of amides is 1. The van der Waals surface area contributed by atoms with Crippen LogP contribution in [-0.2, 0) is 11.3 Å². The van der Waals surface area contributed by atoms with Crippen LogP contribution in [0.15, 0.2) is 78.9 Å². The van der Waals surface area contributed by atoms with Gasteiger partial charge in [-0.2, -0.15) is 0 Å². The summed E-state index contributed by atoms with van der Waals surface area (Å²) in [5.41, 5.74) is 4.25. The van der Waals surface area contributed by atoms with Crippen molar-refractivity contribution in [3.05, 3.63) is 95.8 Å². The number of piperazine rings is 1. The quantitative estimate of drug-likeness (QED) is 0.537. The Balaban J connectivity index is 1.21. The molecule has 1 amide bonds. The number of carbonyl (C=O) groups excluding carboxylic acids is 1. The van der Waals surface area contributed by atoms with Crippen molar-refractivity contribution in [2.75, 3.05) is 42.9 Å². The Morgan fingerprint density at radius 3 is 2.24 bits per heavy atom. The molecular weight excluding hydrogens is 415 g/mol. The Morgan fingerprint density at radius 2 is 1.58 bits per heavy atom. The van der Waals surface area contributed by atoms with Crippen LogP contribution < -0.4 is 15.5 Å². The smallest absolute Gasteiger partial charge is 0.238 e.